The van der Waals surface area contributed by atoms with E-state index in [-0.39, 0.29) is 19.6 Å². The average Bonchev–Trinajstić information content (AvgIpc) is 2.55. The maximum Gasteiger partial charge on any atom is 0.306 e. The summed E-state index contributed by atoms with van der Waals surface area (Å²) in [6.07, 6.45) is 5.66. The summed E-state index contributed by atoms with van der Waals surface area (Å²) in [6.45, 7) is 0.177. The number of hydrogen-bond acceptors (Lipinski definition) is 5. The summed E-state index contributed by atoms with van der Waals surface area (Å²) in [7, 11) is 1.59. The molecule has 0 saturated carbocycles. The van der Waals surface area contributed by atoms with Crippen LogP contribution in [0, 0.1) is 12.3 Å². The monoisotopic (exact) mass is 305 g/mol. The van der Waals surface area contributed by atoms with E-state index in [0.29, 0.717) is 18.8 Å². The Labute approximate surface area is 129 Å². The van der Waals surface area contributed by atoms with E-state index in [9.17, 15) is 9.59 Å². The number of nitrogens with one attached hydrogen (secondary N) is 1. The van der Waals surface area contributed by atoms with Crippen molar-refractivity contribution in [2.75, 3.05) is 26.9 Å². The minimum absolute atomic E-state index is 0.117. The van der Waals surface area contributed by atoms with Crippen LogP contribution in [0.25, 0.3) is 0 Å². The number of rotatable bonds is 9. The van der Waals surface area contributed by atoms with Gasteiger partial charge < -0.3 is 19.5 Å². The standard InChI is InChI=1S/C16H19NO5/c1-3-10-17-15(18)12-22-16(19)5-4-11-21-14-8-6-13(20-2)7-9-14/h1,6-9H,4-5,10-12H2,2H3,(H,17,18). The molecule has 22 heavy (non-hydrogen) atoms. The van der Waals surface area contributed by atoms with Crippen molar-refractivity contribution in [3.8, 4) is 23.8 Å². The second kappa shape index (κ2) is 10.1. The Kier molecular flexibility index (Phi) is 7.98. The number of terminal acetylenes is 1. The zero-order chi connectivity index (χ0) is 16.2. The molecule has 118 valence electrons. The van der Waals surface area contributed by atoms with E-state index < -0.39 is 11.9 Å². The molecular formula is C16H19NO5. The second-order valence-electron chi connectivity index (χ2n) is 4.27. The molecule has 0 fully saturated rings. The van der Waals surface area contributed by atoms with Crippen LogP contribution in [0.15, 0.2) is 24.3 Å². The van der Waals surface area contributed by atoms with Crippen LogP contribution in [0.4, 0.5) is 0 Å². The van der Waals surface area contributed by atoms with E-state index in [1.54, 1.807) is 31.4 Å². The first-order valence-corrected chi connectivity index (χ1v) is 6.78. The fraction of sp³-hybridized carbons (Fsp3) is 0.375. The summed E-state index contributed by atoms with van der Waals surface area (Å²) in [5.74, 6) is 2.83. The summed E-state index contributed by atoms with van der Waals surface area (Å²) < 4.78 is 15.3. The van der Waals surface area contributed by atoms with Crippen molar-refractivity contribution in [1.29, 1.82) is 0 Å². The SMILES string of the molecule is C#CCNC(=O)COC(=O)CCCOc1ccc(OC)cc1. The van der Waals surface area contributed by atoms with E-state index in [0.717, 1.165) is 5.75 Å². The first-order valence-electron chi connectivity index (χ1n) is 6.78. The average molecular weight is 305 g/mol. The van der Waals surface area contributed by atoms with Gasteiger partial charge in [0.25, 0.3) is 5.91 Å². The van der Waals surface area contributed by atoms with Gasteiger partial charge in [0.2, 0.25) is 0 Å². The van der Waals surface area contributed by atoms with Crippen molar-refractivity contribution >= 4 is 11.9 Å². The Morgan fingerprint density at radius 1 is 1.23 bits per heavy atom. The van der Waals surface area contributed by atoms with Crippen LogP contribution in [0.3, 0.4) is 0 Å². The lowest BCUT2D eigenvalue weighted by Gasteiger charge is -2.07. The smallest absolute Gasteiger partial charge is 0.306 e. The maximum absolute atomic E-state index is 11.4. The van der Waals surface area contributed by atoms with Crippen molar-refractivity contribution < 1.29 is 23.8 Å². The molecule has 0 saturated heterocycles. The quantitative estimate of drug-likeness (QED) is 0.421. The fourth-order valence-corrected chi connectivity index (χ4v) is 1.50. The Balaban J connectivity index is 2.12. The van der Waals surface area contributed by atoms with Gasteiger partial charge in [-0.3, -0.25) is 9.59 Å². The molecule has 1 amide bonds. The van der Waals surface area contributed by atoms with Crippen molar-refractivity contribution in [1.82, 2.24) is 5.32 Å². The fourth-order valence-electron chi connectivity index (χ4n) is 1.50. The van der Waals surface area contributed by atoms with Gasteiger partial charge >= 0.3 is 5.97 Å². The third kappa shape index (κ3) is 7.20. The molecule has 6 heteroatoms. The Morgan fingerprint density at radius 2 is 1.91 bits per heavy atom. The molecule has 1 rings (SSSR count). The van der Waals surface area contributed by atoms with Crippen molar-refractivity contribution in [3.63, 3.8) is 0 Å². The third-order valence-electron chi connectivity index (χ3n) is 2.61. The molecule has 1 aromatic carbocycles. The number of hydrogen-bond donors (Lipinski definition) is 1. The van der Waals surface area contributed by atoms with Crippen LogP contribution < -0.4 is 14.8 Å². The second-order valence-corrected chi connectivity index (χ2v) is 4.27. The van der Waals surface area contributed by atoms with Crippen LogP contribution in [0.2, 0.25) is 0 Å². The molecular weight excluding hydrogens is 286 g/mol. The van der Waals surface area contributed by atoms with Crippen LogP contribution in [0.1, 0.15) is 12.8 Å². The predicted octanol–water partition coefficient (Wildman–Crippen LogP) is 1.15. The normalized spacial score (nSPS) is 9.45. The summed E-state index contributed by atoms with van der Waals surface area (Å²) in [6, 6.07) is 7.15. The predicted molar refractivity (Wildman–Crippen MR) is 80.5 cm³/mol. The lowest BCUT2D eigenvalue weighted by molar-refractivity contribution is -0.148. The molecule has 0 unspecified atom stereocenters. The number of carbonyl (C=O) groups is 2. The van der Waals surface area contributed by atoms with Crippen LogP contribution >= 0.6 is 0 Å². The van der Waals surface area contributed by atoms with E-state index in [1.165, 1.54) is 0 Å². The largest absolute Gasteiger partial charge is 0.497 e. The molecule has 6 nitrogen and oxygen atoms in total. The van der Waals surface area contributed by atoms with Gasteiger partial charge in [0.1, 0.15) is 11.5 Å². The highest BCUT2D eigenvalue weighted by Gasteiger charge is 2.06. The summed E-state index contributed by atoms with van der Waals surface area (Å²) >= 11 is 0. The number of methoxy groups -OCH3 is 1. The van der Waals surface area contributed by atoms with E-state index in [1.807, 2.05) is 0 Å². The van der Waals surface area contributed by atoms with Gasteiger partial charge in [-0.25, -0.2) is 0 Å². The van der Waals surface area contributed by atoms with Gasteiger partial charge in [0.15, 0.2) is 6.61 Å². The molecule has 0 spiro atoms. The van der Waals surface area contributed by atoms with Crippen molar-refractivity contribution in [2.45, 2.75) is 12.8 Å². The summed E-state index contributed by atoms with van der Waals surface area (Å²) in [5.41, 5.74) is 0. The molecule has 0 aromatic heterocycles. The zero-order valence-electron chi connectivity index (χ0n) is 12.5. The van der Waals surface area contributed by atoms with Gasteiger partial charge in [-0.05, 0) is 30.7 Å². The molecule has 0 aliphatic heterocycles. The zero-order valence-corrected chi connectivity index (χ0v) is 12.5. The molecule has 0 aliphatic carbocycles. The highest BCUT2D eigenvalue weighted by atomic mass is 16.5. The Hall–Kier alpha value is -2.68. The number of esters is 1. The Bertz CT molecular complexity index is 518. The van der Waals surface area contributed by atoms with Gasteiger partial charge in [-0.1, -0.05) is 5.92 Å². The molecule has 1 aromatic rings. The summed E-state index contributed by atoms with van der Waals surface area (Å²) in [4.78, 5) is 22.6. The first kappa shape index (κ1) is 17.4. The lowest BCUT2D eigenvalue weighted by atomic mass is 10.3. The Morgan fingerprint density at radius 3 is 2.55 bits per heavy atom. The van der Waals surface area contributed by atoms with Gasteiger partial charge in [0.05, 0.1) is 20.3 Å². The molecule has 0 atom stereocenters. The van der Waals surface area contributed by atoms with E-state index in [4.69, 9.17) is 20.6 Å². The topological polar surface area (TPSA) is 73.9 Å². The molecule has 0 heterocycles. The van der Waals surface area contributed by atoms with Crippen LogP contribution in [-0.2, 0) is 14.3 Å². The van der Waals surface area contributed by atoms with Gasteiger partial charge in [0, 0.05) is 6.42 Å². The van der Waals surface area contributed by atoms with Crippen molar-refractivity contribution in [3.05, 3.63) is 24.3 Å². The first-order chi connectivity index (χ1) is 10.7. The van der Waals surface area contributed by atoms with Gasteiger partial charge in [-0.2, -0.15) is 0 Å². The number of benzene rings is 1. The summed E-state index contributed by atoms with van der Waals surface area (Å²) in [5, 5.41) is 2.40. The number of carbonyl (C=O) groups excluding carboxylic acids is 2. The van der Waals surface area contributed by atoms with Crippen molar-refractivity contribution in [2.24, 2.45) is 0 Å². The van der Waals surface area contributed by atoms with E-state index >= 15 is 0 Å². The third-order valence-corrected chi connectivity index (χ3v) is 2.61. The molecule has 0 radical (unpaired) electrons. The van der Waals surface area contributed by atoms with Gasteiger partial charge in [-0.15, -0.1) is 6.42 Å². The van der Waals surface area contributed by atoms with Crippen LogP contribution in [-0.4, -0.2) is 38.7 Å². The lowest BCUT2D eigenvalue weighted by Crippen LogP contribution is -2.29. The molecule has 0 aliphatic rings. The maximum atomic E-state index is 11.4. The van der Waals surface area contributed by atoms with Crippen LogP contribution in [0.5, 0.6) is 11.5 Å². The molecule has 1 N–H and O–H groups in total. The number of amides is 1. The number of ether oxygens (including phenoxy) is 3. The minimum Gasteiger partial charge on any atom is -0.497 e. The highest BCUT2D eigenvalue weighted by molar-refractivity contribution is 5.80. The highest BCUT2D eigenvalue weighted by Crippen LogP contribution is 2.17. The van der Waals surface area contributed by atoms with E-state index in [2.05, 4.69) is 11.2 Å². The molecule has 0 bridgehead atoms. The minimum atomic E-state index is -0.450.